The topological polar surface area (TPSA) is 121 Å². The molecule has 1 N–H and O–H groups in total. The highest BCUT2D eigenvalue weighted by molar-refractivity contribution is 6.45. The van der Waals surface area contributed by atoms with E-state index in [-0.39, 0.29) is 10.9 Å². The molecule has 5 heterocycles. The smallest absolute Gasteiger partial charge is 0.295 e. The number of nitrogens with one attached hydrogen (secondary N) is 1. The Balaban J connectivity index is 1.24. The summed E-state index contributed by atoms with van der Waals surface area (Å²) < 4.78 is 14.8. The molecule has 1 amide bonds. The van der Waals surface area contributed by atoms with E-state index in [1.54, 1.807) is 12.4 Å². The summed E-state index contributed by atoms with van der Waals surface area (Å²) in [5.41, 5.74) is 2.07. The van der Waals surface area contributed by atoms with Gasteiger partial charge in [0, 0.05) is 55.7 Å². The summed E-state index contributed by atoms with van der Waals surface area (Å²) in [5, 5.41) is 0.951. The number of H-pyrrole nitrogens is 1. The van der Waals surface area contributed by atoms with Gasteiger partial charge in [0.15, 0.2) is 5.82 Å². The Bertz CT molecular complexity index is 1610. The molecule has 1 aliphatic rings. The number of carbonyl (C=O) groups is 2. The third-order valence-electron chi connectivity index (χ3n) is 6.32. The molecule has 0 saturated carbocycles. The molecule has 6 rings (SSSR count). The first-order valence-electron chi connectivity index (χ1n) is 11.3. The van der Waals surface area contributed by atoms with Crippen LogP contribution in [0.3, 0.4) is 0 Å². The lowest BCUT2D eigenvalue weighted by molar-refractivity contribution is -0.126. The number of pyridine rings is 1. The number of hydrogen-bond acceptors (Lipinski definition) is 8. The van der Waals surface area contributed by atoms with Crippen LogP contribution in [0.1, 0.15) is 10.4 Å². The zero-order valence-electron chi connectivity index (χ0n) is 18.9. The summed E-state index contributed by atoms with van der Waals surface area (Å²) in [4.78, 5) is 53.6. The van der Waals surface area contributed by atoms with Gasteiger partial charge in [-0.15, -0.1) is 0 Å². The number of anilines is 1. The zero-order valence-corrected chi connectivity index (χ0v) is 18.9. The number of benzene rings is 1. The van der Waals surface area contributed by atoms with Gasteiger partial charge in [0.25, 0.3) is 11.7 Å². The van der Waals surface area contributed by atoms with Crippen LogP contribution in [-0.4, -0.2) is 72.7 Å². The number of amides is 1. The predicted octanol–water partition coefficient (Wildman–Crippen LogP) is 2.63. The summed E-state index contributed by atoms with van der Waals surface area (Å²) in [7, 11) is 0. The normalized spacial score (nSPS) is 13.9. The average Bonchev–Trinajstić information content (AvgIpc) is 3.39. The summed E-state index contributed by atoms with van der Waals surface area (Å²) in [6.45, 7) is 1.68. The molecule has 5 aromatic rings. The molecule has 0 aliphatic carbocycles. The molecule has 1 aliphatic heterocycles. The molecule has 0 radical (unpaired) electrons. The maximum Gasteiger partial charge on any atom is 0.295 e. The molecule has 11 heteroatoms. The van der Waals surface area contributed by atoms with Gasteiger partial charge in [-0.1, -0.05) is 12.1 Å². The Morgan fingerprint density at radius 3 is 2.50 bits per heavy atom. The Kier molecular flexibility index (Phi) is 5.29. The van der Waals surface area contributed by atoms with E-state index in [1.807, 2.05) is 24.3 Å². The lowest BCUT2D eigenvalue weighted by Crippen LogP contribution is -2.51. The second kappa shape index (κ2) is 8.77. The van der Waals surface area contributed by atoms with Crippen LogP contribution < -0.4 is 4.90 Å². The summed E-state index contributed by atoms with van der Waals surface area (Å²) in [6, 6.07) is 7.73. The minimum Gasteiger partial charge on any atom is -0.359 e. The molecular weight excluding hydrogens is 463 g/mol. The SMILES string of the molecule is O=C(C(=O)N1CCN(c2ncnc3ccccc23)CC1)c1c[nH]c2c(-c3cncnc3)ncc(F)c12. The van der Waals surface area contributed by atoms with Gasteiger partial charge in [-0.25, -0.2) is 24.3 Å². The van der Waals surface area contributed by atoms with Crippen molar-refractivity contribution in [2.24, 2.45) is 0 Å². The number of nitrogens with zero attached hydrogens (tertiary/aromatic N) is 7. The molecule has 0 atom stereocenters. The van der Waals surface area contributed by atoms with Gasteiger partial charge in [0.1, 0.15) is 18.5 Å². The summed E-state index contributed by atoms with van der Waals surface area (Å²) in [5.74, 6) is -1.35. The molecule has 178 valence electrons. The quantitative estimate of drug-likeness (QED) is 0.307. The number of piperazine rings is 1. The number of hydrogen-bond donors (Lipinski definition) is 1. The first kappa shape index (κ1) is 21.7. The van der Waals surface area contributed by atoms with E-state index < -0.39 is 17.5 Å². The second-order valence-corrected chi connectivity index (χ2v) is 8.36. The first-order chi connectivity index (χ1) is 17.6. The van der Waals surface area contributed by atoms with Crippen molar-refractivity contribution in [3.63, 3.8) is 0 Å². The van der Waals surface area contributed by atoms with Crippen molar-refractivity contribution in [3.8, 4) is 11.3 Å². The predicted molar refractivity (Wildman–Crippen MR) is 130 cm³/mol. The van der Waals surface area contributed by atoms with Crippen molar-refractivity contribution in [2.75, 3.05) is 31.1 Å². The minimum absolute atomic E-state index is 0.0216. The number of rotatable bonds is 4. The number of fused-ring (bicyclic) bond motifs is 2. The van der Waals surface area contributed by atoms with E-state index in [0.29, 0.717) is 43.0 Å². The van der Waals surface area contributed by atoms with Crippen LogP contribution in [0.5, 0.6) is 0 Å². The van der Waals surface area contributed by atoms with Gasteiger partial charge in [-0.3, -0.25) is 14.6 Å². The van der Waals surface area contributed by atoms with Crippen molar-refractivity contribution in [1.29, 1.82) is 0 Å². The molecule has 1 aromatic carbocycles. The molecule has 36 heavy (non-hydrogen) atoms. The van der Waals surface area contributed by atoms with Gasteiger partial charge in [-0.2, -0.15) is 0 Å². The van der Waals surface area contributed by atoms with E-state index >= 15 is 0 Å². The third kappa shape index (κ3) is 3.61. The number of Topliss-reactive ketones (excluding diaryl/α,β-unsaturated/α-hetero) is 1. The minimum atomic E-state index is -0.775. The lowest BCUT2D eigenvalue weighted by atomic mass is 10.1. The molecule has 1 saturated heterocycles. The maximum atomic E-state index is 14.8. The third-order valence-corrected chi connectivity index (χ3v) is 6.32. The highest BCUT2D eigenvalue weighted by Gasteiger charge is 2.30. The van der Waals surface area contributed by atoms with E-state index in [4.69, 9.17) is 0 Å². The molecule has 1 fully saturated rings. The molecule has 4 aromatic heterocycles. The number of para-hydroxylation sites is 1. The number of carbonyl (C=O) groups excluding carboxylic acids is 2. The Morgan fingerprint density at radius 2 is 1.69 bits per heavy atom. The fraction of sp³-hybridized carbons (Fsp3) is 0.160. The van der Waals surface area contributed by atoms with Gasteiger partial charge < -0.3 is 14.8 Å². The number of aromatic nitrogens is 6. The number of aromatic amines is 1. The van der Waals surface area contributed by atoms with Crippen LogP contribution >= 0.6 is 0 Å². The van der Waals surface area contributed by atoms with Crippen molar-refractivity contribution in [2.45, 2.75) is 0 Å². The standard InChI is InChI=1S/C25H19FN8O2/c26-18-12-30-21(15-9-27-13-28-10-15)22-20(18)17(11-29-22)23(35)25(36)34-7-5-33(6-8-34)24-16-3-1-2-4-19(16)31-14-32-24/h1-4,9-14,29H,5-8H2. The average molecular weight is 482 g/mol. The van der Waals surface area contributed by atoms with Gasteiger partial charge in [-0.05, 0) is 12.1 Å². The van der Waals surface area contributed by atoms with Gasteiger partial charge in [0.05, 0.1) is 33.9 Å². The van der Waals surface area contributed by atoms with Crippen molar-refractivity contribution in [1.82, 2.24) is 34.8 Å². The van der Waals surface area contributed by atoms with E-state index in [1.165, 1.54) is 23.8 Å². The second-order valence-electron chi connectivity index (χ2n) is 8.36. The van der Waals surface area contributed by atoms with E-state index in [9.17, 15) is 14.0 Å². The van der Waals surface area contributed by atoms with Crippen LogP contribution in [0.25, 0.3) is 33.1 Å². The number of ketones is 1. The van der Waals surface area contributed by atoms with Crippen molar-refractivity contribution < 1.29 is 14.0 Å². The fourth-order valence-electron chi connectivity index (χ4n) is 4.55. The Hall–Kier alpha value is -4.80. The Morgan fingerprint density at radius 1 is 0.917 bits per heavy atom. The van der Waals surface area contributed by atoms with Crippen molar-refractivity contribution >= 4 is 39.3 Å². The fourth-order valence-corrected chi connectivity index (χ4v) is 4.55. The molecule has 10 nitrogen and oxygen atoms in total. The summed E-state index contributed by atoms with van der Waals surface area (Å²) in [6.07, 6.45) is 8.37. The molecule has 0 unspecified atom stereocenters. The van der Waals surface area contributed by atoms with Crippen LogP contribution in [0, 0.1) is 5.82 Å². The lowest BCUT2D eigenvalue weighted by Gasteiger charge is -2.35. The first-order valence-corrected chi connectivity index (χ1v) is 11.3. The largest absolute Gasteiger partial charge is 0.359 e. The monoisotopic (exact) mass is 482 g/mol. The summed E-state index contributed by atoms with van der Waals surface area (Å²) >= 11 is 0. The van der Waals surface area contributed by atoms with Crippen molar-refractivity contribution in [3.05, 3.63) is 73.1 Å². The van der Waals surface area contributed by atoms with Gasteiger partial charge >= 0.3 is 0 Å². The van der Waals surface area contributed by atoms with E-state index in [0.717, 1.165) is 22.9 Å². The van der Waals surface area contributed by atoms with Crippen LogP contribution in [-0.2, 0) is 4.79 Å². The Labute approximate surface area is 203 Å². The van der Waals surface area contributed by atoms with E-state index in [2.05, 4.69) is 34.8 Å². The molecule has 0 bridgehead atoms. The van der Waals surface area contributed by atoms with Gasteiger partial charge in [0.2, 0.25) is 0 Å². The van der Waals surface area contributed by atoms with Crippen LogP contribution in [0.15, 0.2) is 61.7 Å². The van der Waals surface area contributed by atoms with Crippen LogP contribution in [0.4, 0.5) is 10.2 Å². The zero-order chi connectivity index (χ0) is 24.6. The maximum absolute atomic E-state index is 14.8. The highest BCUT2D eigenvalue weighted by Crippen LogP contribution is 2.30. The molecule has 0 spiro atoms. The molecular formula is C25H19FN8O2. The highest BCUT2D eigenvalue weighted by atomic mass is 19.1. The number of halogens is 1. The van der Waals surface area contributed by atoms with Crippen LogP contribution in [0.2, 0.25) is 0 Å².